The summed E-state index contributed by atoms with van der Waals surface area (Å²) >= 11 is 0. The van der Waals surface area contributed by atoms with Crippen LogP contribution < -0.4 is 5.32 Å². The molecule has 1 aliphatic heterocycles. The average molecular weight is 268 g/mol. The van der Waals surface area contributed by atoms with E-state index in [1.165, 1.54) is 17.3 Å². The molecule has 2 rings (SSSR count). The fourth-order valence-electron chi connectivity index (χ4n) is 1.99. The van der Waals surface area contributed by atoms with Gasteiger partial charge in [-0.2, -0.15) is 5.10 Å². The van der Waals surface area contributed by atoms with Crippen LogP contribution in [-0.4, -0.2) is 50.5 Å². The Bertz CT molecular complexity index is 453. The standard InChI is InChI=1S/C11H16N4O4/c1-8(15-7-12-6-13-15)9(16)14-11(10(17)18)2-4-19-5-3-11/h6-8H,2-5H2,1H3,(H,14,16)(H,17,18). The number of carboxylic acids is 1. The summed E-state index contributed by atoms with van der Waals surface area (Å²) in [5.41, 5.74) is -1.25. The van der Waals surface area contributed by atoms with Gasteiger partial charge in [-0.1, -0.05) is 0 Å². The van der Waals surface area contributed by atoms with Crippen molar-refractivity contribution >= 4 is 11.9 Å². The Balaban J connectivity index is 2.09. The zero-order valence-corrected chi connectivity index (χ0v) is 10.6. The quantitative estimate of drug-likeness (QED) is 0.768. The number of hydrogen-bond donors (Lipinski definition) is 2. The van der Waals surface area contributed by atoms with E-state index < -0.39 is 23.5 Å². The van der Waals surface area contributed by atoms with Crippen molar-refractivity contribution in [1.29, 1.82) is 0 Å². The topological polar surface area (TPSA) is 106 Å². The third-order valence-electron chi connectivity index (χ3n) is 3.33. The van der Waals surface area contributed by atoms with Crippen LogP contribution in [0.5, 0.6) is 0 Å². The summed E-state index contributed by atoms with van der Waals surface area (Å²) in [5.74, 6) is -1.43. The molecule has 2 N–H and O–H groups in total. The van der Waals surface area contributed by atoms with Gasteiger partial charge in [0.05, 0.1) is 0 Å². The molecule has 1 fully saturated rings. The Kier molecular flexibility index (Phi) is 3.79. The van der Waals surface area contributed by atoms with E-state index in [4.69, 9.17) is 4.74 Å². The highest BCUT2D eigenvalue weighted by Crippen LogP contribution is 2.22. The van der Waals surface area contributed by atoms with Crippen LogP contribution in [0.15, 0.2) is 12.7 Å². The number of amides is 1. The molecule has 1 aliphatic rings. The fraction of sp³-hybridized carbons (Fsp3) is 0.636. The highest BCUT2D eigenvalue weighted by Gasteiger charge is 2.42. The van der Waals surface area contributed by atoms with E-state index in [1.54, 1.807) is 6.92 Å². The molecular weight excluding hydrogens is 252 g/mol. The lowest BCUT2D eigenvalue weighted by molar-refractivity contribution is -0.152. The van der Waals surface area contributed by atoms with Crippen LogP contribution in [0, 0.1) is 0 Å². The second kappa shape index (κ2) is 5.35. The number of carbonyl (C=O) groups excluding carboxylic acids is 1. The molecule has 0 spiro atoms. The number of aliphatic carboxylic acids is 1. The summed E-state index contributed by atoms with van der Waals surface area (Å²) in [5, 5.41) is 15.8. The van der Waals surface area contributed by atoms with Gasteiger partial charge in [-0.05, 0) is 6.92 Å². The molecule has 2 heterocycles. The number of ether oxygens (including phenoxy) is 1. The summed E-state index contributed by atoms with van der Waals surface area (Å²) in [6, 6.07) is -0.610. The Morgan fingerprint density at radius 2 is 2.16 bits per heavy atom. The van der Waals surface area contributed by atoms with Crippen LogP contribution in [0.4, 0.5) is 0 Å². The van der Waals surface area contributed by atoms with E-state index in [2.05, 4.69) is 15.4 Å². The van der Waals surface area contributed by atoms with Gasteiger partial charge < -0.3 is 15.2 Å². The maximum atomic E-state index is 12.1. The highest BCUT2D eigenvalue weighted by molar-refractivity contribution is 5.88. The zero-order chi connectivity index (χ0) is 13.9. The molecule has 0 radical (unpaired) electrons. The third-order valence-corrected chi connectivity index (χ3v) is 3.33. The van der Waals surface area contributed by atoms with E-state index in [9.17, 15) is 14.7 Å². The monoisotopic (exact) mass is 268 g/mol. The summed E-state index contributed by atoms with van der Waals surface area (Å²) in [7, 11) is 0. The van der Waals surface area contributed by atoms with Gasteiger partial charge in [0.25, 0.3) is 0 Å². The smallest absolute Gasteiger partial charge is 0.329 e. The molecule has 8 heteroatoms. The van der Waals surface area contributed by atoms with Gasteiger partial charge in [0, 0.05) is 26.1 Å². The van der Waals surface area contributed by atoms with Gasteiger partial charge in [0.15, 0.2) is 0 Å². The van der Waals surface area contributed by atoms with Crippen LogP contribution in [0.3, 0.4) is 0 Å². The van der Waals surface area contributed by atoms with E-state index in [0.717, 1.165) is 0 Å². The molecule has 1 saturated heterocycles. The Morgan fingerprint density at radius 1 is 1.47 bits per heavy atom. The molecule has 8 nitrogen and oxygen atoms in total. The van der Waals surface area contributed by atoms with Gasteiger partial charge in [-0.15, -0.1) is 0 Å². The fourth-order valence-corrected chi connectivity index (χ4v) is 1.99. The lowest BCUT2D eigenvalue weighted by Gasteiger charge is -2.34. The van der Waals surface area contributed by atoms with Crippen molar-refractivity contribution in [2.45, 2.75) is 31.3 Å². The number of carboxylic acid groups (broad SMARTS) is 1. The van der Waals surface area contributed by atoms with Crippen LogP contribution in [-0.2, 0) is 14.3 Å². The third kappa shape index (κ3) is 2.73. The van der Waals surface area contributed by atoms with Crippen molar-refractivity contribution < 1.29 is 19.4 Å². The maximum Gasteiger partial charge on any atom is 0.329 e. The molecule has 19 heavy (non-hydrogen) atoms. The van der Waals surface area contributed by atoms with Crippen molar-refractivity contribution in [2.75, 3.05) is 13.2 Å². The first kappa shape index (κ1) is 13.5. The molecule has 0 bridgehead atoms. The number of nitrogens with one attached hydrogen (secondary N) is 1. The number of rotatable bonds is 4. The van der Waals surface area contributed by atoms with E-state index >= 15 is 0 Å². The number of carbonyl (C=O) groups is 2. The van der Waals surface area contributed by atoms with Crippen molar-refractivity contribution in [2.24, 2.45) is 0 Å². The minimum Gasteiger partial charge on any atom is -0.480 e. The average Bonchev–Trinajstić information content (AvgIpc) is 2.92. The van der Waals surface area contributed by atoms with Crippen LogP contribution in [0.25, 0.3) is 0 Å². The number of nitrogens with zero attached hydrogens (tertiary/aromatic N) is 3. The van der Waals surface area contributed by atoms with Crippen LogP contribution >= 0.6 is 0 Å². The maximum absolute atomic E-state index is 12.1. The van der Waals surface area contributed by atoms with Crippen molar-refractivity contribution in [3.8, 4) is 0 Å². The summed E-state index contributed by atoms with van der Waals surface area (Å²) < 4.78 is 6.53. The molecule has 1 atom stereocenters. The number of aromatic nitrogens is 3. The second-order valence-corrected chi connectivity index (χ2v) is 4.54. The van der Waals surface area contributed by atoms with E-state index in [-0.39, 0.29) is 12.8 Å². The first-order valence-corrected chi connectivity index (χ1v) is 6.02. The van der Waals surface area contributed by atoms with Gasteiger partial charge in [0.2, 0.25) is 5.91 Å². The van der Waals surface area contributed by atoms with Crippen molar-refractivity contribution in [1.82, 2.24) is 20.1 Å². The zero-order valence-electron chi connectivity index (χ0n) is 10.6. The Morgan fingerprint density at radius 3 is 2.68 bits per heavy atom. The first-order valence-electron chi connectivity index (χ1n) is 6.02. The van der Waals surface area contributed by atoms with E-state index in [0.29, 0.717) is 13.2 Å². The van der Waals surface area contributed by atoms with Gasteiger partial charge in [-0.3, -0.25) is 4.79 Å². The minimum atomic E-state index is -1.25. The number of hydrogen-bond acceptors (Lipinski definition) is 5. The SMILES string of the molecule is CC(C(=O)NC1(C(=O)O)CCOCC1)n1cncn1. The van der Waals surface area contributed by atoms with Gasteiger partial charge in [-0.25, -0.2) is 14.5 Å². The normalized spacial score (nSPS) is 19.6. The Hall–Kier alpha value is -1.96. The molecule has 1 aromatic heterocycles. The van der Waals surface area contributed by atoms with E-state index in [1.807, 2.05) is 0 Å². The Labute approximate surface area is 109 Å². The predicted molar refractivity (Wildman–Crippen MR) is 63.3 cm³/mol. The summed E-state index contributed by atoms with van der Waals surface area (Å²) in [4.78, 5) is 27.3. The molecule has 0 aliphatic carbocycles. The molecule has 0 aromatic carbocycles. The lowest BCUT2D eigenvalue weighted by atomic mass is 9.90. The van der Waals surface area contributed by atoms with Gasteiger partial charge in [0.1, 0.15) is 24.2 Å². The molecular formula is C11H16N4O4. The second-order valence-electron chi connectivity index (χ2n) is 4.54. The van der Waals surface area contributed by atoms with Crippen LogP contribution in [0.1, 0.15) is 25.8 Å². The lowest BCUT2D eigenvalue weighted by Crippen LogP contribution is -2.58. The molecule has 1 unspecified atom stereocenters. The molecule has 0 saturated carbocycles. The van der Waals surface area contributed by atoms with Crippen molar-refractivity contribution in [3.05, 3.63) is 12.7 Å². The first-order chi connectivity index (χ1) is 9.05. The van der Waals surface area contributed by atoms with Crippen molar-refractivity contribution in [3.63, 3.8) is 0 Å². The molecule has 104 valence electrons. The minimum absolute atomic E-state index is 0.262. The molecule has 1 amide bonds. The van der Waals surface area contributed by atoms with Crippen LogP contribution in [0.2, 0.25) is 0 Å². The molecule has 1 aromatic rings. The van der Waals surface area contributed by atoms with Gasteiger partial charge >= 0.3 is 5.97 Å². The largest absolute Gasteiger partial charge is 0.480 e. The predicted octanol–water partition coefficient (Wildman–Crippen LogP) is -0.411. The summed E-state index contributed by atoms with van der Waals surface area (Å²) in [6.45, 7) is 2.29. The highest BCUT2D eigenvalue weighted by atomic mass is 16.5. The summed E-state index contributed by atoms with van der Waals surface area (Å²) in [6.07, 6.45) is 3.27.